The van der Waals surface area contributed by atoms with Gasteiger partial charge in [-0.15, -0.1) is 12.4 Å². The van der Waals surface area contributed by atoms with Crippen LogP contribution in [0, 0.1) is 5.41 Å². The van der Waals surface area contributed by atoms with Crippen LogP contribution in [0.15, 0.2) is 34.7 Å². The summed E-state index contributed by atoms with van der Waals surface area (Å²) in [5.74, 6) is 1.68. The zero-order chi connectivity index (χ0) is 17.3. The van der Waals surface area contributed by atoms with Gasteiger partial charge in [0.05, 0.1) is 6.54 Å². The van der Waals surface area contributed by atoms with E-state index in [0.29, 0.717) is 16.6 Å². The summed E-state index contributed by atoms with van der Waals surface area (Å²) in [5.41, 5.74) is 1.22. The number of hydrogen-bond acceptors (Lipinski definition) is 2. The standard InChI is InChI=1S/C19H25Cl2NO.ClH/c1-18(2,3)12-19(4,5)22-11-16-6-7-17(23-16)13-8-14(20)10-15(21)9-13;/h6-10,22H,11-12H2,1-5H3;1H. The highest BCUT2D eigenvalue weighted by molar-refractivity contribution is 6.35. The lowest BCUT2D eigenvalue weighted by Gasteiger charge is -2.33. The van der Waals surface area contributed by atoms with Crippen LogP contribution in [0.4, 0.5) is 0 Å². The highest BCUT2D eigenvalue weighted by atomic mass is 35.5. The first-order valence-electron chi connectivity index (χ1n) is 7.84. The number of halogens is 3. The second-order valence-electron chi connectivity index (χ2n) is 7.90. The van der Waals surface area contributed by atoms with Crippen LogP contribution in [0.25, 0.3) is 11.3 Å². The van der Waals surface area contributed by atoms with Gasteiger partial charge >= 0.3 is 0 Å². The lowest BCUT2D eigenvalue weighted by atomic mass is 9.82. The Morgan fingerprint density at radius 3 is 2.08 bits per heavy atom. The zero-order valence-corrected chi connectivity index (χ0v) is 17.2. The van der Waals surface area contributed by atoms with Crippen molar-refractivity contribution in [2.75, 3.05) is 0 Å². The Bertz CT molecular complexity index is 651. The van der Waals surface area contributed by atoms with Gasteiger partial charge in [-0.2, -0.15) is 0 Å². The Morgan fingerprint density at radius 2 is 1.54 bits per heavy atom. The first-order chi connectivity index (χ1) is 10.5. The van der Waals surface area contributed by atoms with E-state index in [-0.39, 0.29) is 23.4 Å². The molecule has 0 radical (unpaired) electrons. The van der Waals surface area contributed by atoms with Gasteiger partial charge in [0.25, 0.3) is 0 Å². The van der Waals surface area contributed by atoms with Crippen molar-refractivity contribution < 1.29 is 4.42 Å². The van der Waals surface area contributed by atoms with Gasteiger partial charge in [-0.1, -0.05) is 44.0 Å². The van der Waals surface area contributed by atoms with E-state index in [1.54, 1.807) is 6.07 Å². The fourth-order valence-electron chi connectivity index (χ4n) is 3.04. The van der Waals surface area contributed by atoms with Gasteiger partial charge < -0.3 is 9.73 Å². The van der Waals surface area contributed by atoms with Crippen LogP contribution in [-0.2, 0) is 6.54 Å². The molecule has 2 rings (SSSR count). The smallest absolute Gasteiger partial charge is 0.134 e. The monoisotopic (exact) mass is 389 g/mol. The van der Waals surface area contributed by atoms with Crippen molar-refractivity contribution in [1.82, 2.24) is 5.32 Å². The fourth-order valence-corrected chi connectivity index (χ4v) is 3.56. The van der Waals surface area contributed by atoms with E-state index >= 15 is 0 Å². The Balaban J connectivity index is 0.00000288. The van der Waals surface area contributed by atoms with Gasteiger partial charge in [-0.05, 0) is 56.0 Å². The van der Waals surface area contributed by atoms with Gasteiger partial charge in [-0.25, -0.2) is 0 Å². The van der Waals surface area contributed by atoms with Crippen molar-refractivity contribution in [3.8, 4) is 11.3 Å². The minimum absolute atomic E-state index is 0. The summed E-state index contributed by atoms with van der Waals surface area (Å²) in [7, 11) is 0. The first-order valence-corrected chi connectivity index (χ1v) is 8.60. The third-order valence-corrected chi connectivity index (χ3v) is 3.96. The number of rotatable bonds is 5. The molecule has 0 aliphatic rings. The molecule has 0 fully saturated rings. The molecule has 5 heteroatoms. The molecule has 0 atom stereocenters. The third-order valence-electron chi connectivity index (χ3n) is 3.52. The molecule has 1 N–H and O–H groups in total. The van der Waals surface area contributed by atoms with Crippen molar-refractivity contribution in [2.45, 2.75) is 53.1 Å². The minimum Gasteiger partial charge on any atom is -0.460 e. The van der Waals surface area contributed by atoms with E-state index in [9.17, 15) is 0 Å². The Labute approximate surface area is 161 Å². The molecule has 1 heterocycles. The number of benzene rings is 1. The predicted octanol–water partition coefficient (Wildman–Crippen LogP) is 6.98. The fraction of sp³-hybridized carbons (Fsp3) is 0.474. The molecule has 0 saturated heterocycles. The Kier molecular flexibility index (Phi) is 7.25. The third kappa shape index (κ3) is 6.68. The lowest BCUT2D eigenvalue weighted by molar-refractivity contribution is 0.236. The quantitative estimate of drug-likeness (QED) is 0.595. The summed E-state index contributed by atoms with van der Waals surface area (Å²) >= 11 is 12.1. The van der Waals surface area contributed by atoms with E-state index in [1.165, 1.54) is 0 Å². The van der Waals surface area contributed by atoms with Crippen LogP contribution in [0.3, 0.4) is 0 Å². The van der Waals surface area contributed by atoms with Crippen molar-refractivity contribution in [1.29, 1.82) is 0 Å². The highest BCUT2D eigenvalue weighted by Gasteiger charge is 2.25. The van der Waals surface area contributed by atoms with Crippen molar-refractivity contribution >= 4 is 35.6 Å². The van der Waals surface area contributed by atoms with E-state index in [1.807, 2.05) is 24.3 Å². The maximum atomic E-state index is 6.05. The molecule has 0 amide bonds. The second kappa shape index (κ2) is 8.14. The highest BCUT2D eigenvalue weighted by Crippen LogP contribution is 2.30. The topological polar surface area (TPSA) is 25.2 Å². The molecule has 0 aliphatic carbocycles. The zero-order valence-electron chi connectivity index (χ0n) is 14.9. The molecular weight excluding hydrogens is 365 g/mol. The summed E-state index contributed by atoms with van der Waals surface area (Å²) in [6, 6.07) is 9.37. The van der Waals surface area contributed by atoms with Crippen molar-refractivity contribution in [2.24, 2.45) is 5.41 Å². The molecule has 0 bridgehead atoms. The van der Waals surface area contributed by atoms with Gasteiger partial charge in [-0.3, -0.25) is 0 Å². The van der Waals surface area contributed by atoms with E-state index < -0.39 is 0 Å². The molecule has 134 valence electrons. The molecule has 0 aliphatic heterocycles. The molecule has 2 aromatic rings. The average Bonchev–Trinajstić information content (AvgIpc) is 2.81. The van der Waals surface area contributed by atoms with E-state index in [4.69, 9.17) is 27.6 Å². The van der Waals surface area contributed by atoms with Crippen LogP contribution >= 0.6 is 35.6 Å². The van der Waals surface area contributed by atoms with E-state index in [2.05, 4.69) is 39.9 Å². The summed E-state index contributed by atoms with van der Waals surface area (Å²) in [6.07, 6.45) is 1.08. The van der Waals surface area contributed by atoms with Crippen LogP contribution < -0.4 is 5.32 Å². The molecule has 0 spiro atoms. The molecule has 2 nitrogen and oxygen atoms in total. The second-order valence-corrected chi connectivity index (χ2v) is 8.77. The van der Waals surface area contributed by atoms with E-state index in [0.717, 1.165) is 23.5 Å². The Morgan fingerprint density at radius 1 is 0.958 bits per heavy atom. The van der Waals surface area contributed by atoms with Crippen LogP contribution in [-0.4, -0.2) is 5.54 Å². The first kappa shape index (κ1) is 21.4. The van der Waals surface area contributed by atoms with Gasteiger partial charge in [0.1, 0.15) is 11.5 Å². The predicted molar refractivity (Wildman–Crippen MR) is 106 cm³/mol. The minimum atomic E-state index is 0. The number of hydrogen-bond donors (Lipinski definition) is 1. The normalized spacial score (nSPS) is 12.1. The SMILES string of the molecule is CC(C)(C)CC(C)(C)NCc1ccc(-c2cc(Cl)cc(Cl)c2)o1.Cl. The number of furan rings is 1. The maximum absolute atomic E-state index is 6.05. The molecule has 24 heavy (non-hydrogen) atoms. The van der Waals surface area contributed by atoms with Crippen LogP contribution in [0.5, 0.6) is 0 Å². The number of nitrogens with one attached hydrogen (secondary N) is 1. The van der Waals surface area contributed by atoms with Gasteiger partial charge in [0, 0.05) is 21.1 Å². The average molecular weight is 391 g/mol. The van der Waals surface area contributed by atoms with Gasteiger partial charge in [0.2, 0.25) is 0 Å². The molecule has 1 aromatic heterocycles. The largest absolute Gasteiger partial charge is 0.460 e. The van der Waals surface area contributed by atoms with Crippen LogP contribution in [0.1, 0.15) is 46.8 Å². The molecular formula is C19H26Cl3NO. The summed E-state index contributed by atoms with van der Waals surface area (Å²) in [5, 5.41) is 4.79. The molecule has 1 aromatic carbocycles. The van der Waals surface area contributed by atoms with Crippen molar-refractivity contribution in [3.05, 3.63) is 46.1 Å². The van der Waals surface area contributed by atoms with Crippen molar-refractivity contribution in [3.63, 3.8) is 0 Å². The summed E-state index contributed by atoms with van der Waals surface area (Å²) in [6.45, 7) is 11.9. The van der Waals surface area contributed by atoms with Crippen LogP contribution in [0.2, 0.25) is 10.0 Å². The summed E-state index contributed by atoms with van der Waals surface area (Å²) in [4.78, 5) is 0. The molecule has 0 unspecified atom stereocenters. The lowest BCUT2D eigenvalue weighted by Crippen LogP contribution is -2.41. The molecule has 0 saturated carbocycles. The Hall–Kier alpha value is -0.670. The summed E-state index contributed by atoms with van der Waals surface area (Å²) < 4.78 is 5.93. The van der Waals surface area contributed by atoms with Gasteiger partial charge in [0.15, 0.2) is 0 Å². The maximum Gasteiger partial charge on any atom is 0.134 e.